The van der Waals surface area contributed by atoms with Crippen LogP contribution in [0.15, 0.2) is 18.2 Å². The number of ether oxygens (including phenoxy) is 1. The topological polar surface area (TPSA) is 61.7 Å². The molecule has 4 heteroatoms. The van der Waals surface area contributed by atoms with Crippen LogP contribution < -0.4 is 10.1 Å². The molecule has 1 saturated carbocycles. The second kappa shape index (κ2) is 6.26. The van der Waals surface area contributed by atoms with Crippen LogP contribution in [0.25, 0.3) is 0 Å². The normalized spacial score (nSPS) is 24.4. The number of aliphatic hydroxyl groups excluding tert-OH is 1. The summed E-state index contributed by atoms with van der Waals surface area (Å²) in [5.41, 5.74) is 0.855. The first-order valence-corrected chi connectivity index (χ1v) is 6.90. The zero-order valence-electron chi connectivity index (χ0n) is 11.6. The number of aromatic hydroxyl groups is 1. The fourth-order valence-corrected chi connectivity index (χ4v) is 2.71. The second-order valence-electron chi connectivity index (χ2n) is 5.31. The molecule has 0 amide bonds. The first-order valence-electron chi connectivity index (χ1n) is 6.90. The minimum absolute atomic E-state index is 0.0544. The van der Waals surface area contributed by atoms with Crippen molar-refractivity contribution < 1.29 is 14.9 Å². The Hall–Kier alpha value is -1.26. The van der Waals surface area contributed by atoms with Crippen LogP contribution >= 0.6 is 0 Å². The molecule has 0 aliphatic heterocycles. The van der Waals surface area contributed by atoms with Gasteiger partial charge in [0, 0.05) is 24.2 Å². The van der Waals surface area contributed by atoms with Gasteiger partial charge in [0.05, 0.1) is 13.2 Å². The predicted molar refractivity (Wildman–Crippen MR) is 74.4 cm³/mol. The summed E-state index contributed by atoms with van der Waals surface area (Å²) in [5.74, 6) is 1.23. The zero-order valence-corrected chi connectivity index (χ0v) is 11.6. The number of hydrogen-bond donors (Lipinski definition) is 3. The zero-order chi connectivity index (χ0) is 13.8. The summed E-state index contributed by atoms with van der Waals surface area (Å²) in [6.45, 7) is 2.80. The van der Waals surface area contributed by atoms with E-state index in [9.17, 15) is 10.2 Å². The molecule has 1 aliphatic carbocycles. The van der Waals surface area contributed by atoms with E-state index >= 15 is 0 Å². The van der Waals surface area contributed by atoms with Crippen molar-refractivity contribution in [3.05, 3.63) is 23.8 Å². The second-order valence-corrected chi connectivity index (χ2v) is 5.31. The van der Waals surface area contributed by atoms with Gasteiger partial charge < -0.3 is 20.3 Å². The standard InChI is InChI=1S/C15H23NO3/c1-10(16-9-11-4-3-5-14(11)17)13-7-6-12(19-2)8-15(13)18/h6-8,10-11,14,16-18H,3-5,9H2,1-2H3. The van der Waals surface area contributed by atoms with Gasteiger partial charge in [-0.25, -0.2) is 0 Å². The molecular formula is C15H23NO3. The highest BCUT2D eigenvalue weighted by atomic mass is 16.5. The Morgan fingerprint density at radius 2 is 2.21 bits per heavy atom. The lowest BCUT2D eigenvalue weighted by atomic mass is 10.0. The fraction of sp³-hybridized carbons (Fsp3) is 0.600. The van der Waals surface area contributed by atoms with Gasteiger partial charge in [-0.1, -0.05) is 12.5 Å². The minimum Gasteiger partial charge on any atom is -0.507 e. The van der Waals surface area contributed by atoms with Gasteiger partial charge in [0.1, 0.15) is 11.5 Å². The molecule has 2 rings (SSSR count). The number of nitrogens with one attached hydrogen (secondary N) is 1. The van der Waals surface area contributed by atoms with Gasteiger partial charge in [-0.2, -0.15) is 0 Å². The van der Waals surface area contributed by atoms with Gasteiger partial charge in [0.15, 0.2) is 0 Å². The molecule has 0 radical (unpaired) electrons. The van der Waals surface area contributed by atoms with Crippen molar-refractivity contribution in [2.24, 2.45) is 5.92 Å². The number of hydrogen-bond acceptors (Lipinski definition) is 4. The Labute approximate surface area is 114 Å². The molecule has 19 heavy (non-hydrogen) atoms. The number of rotatable bonds is 5. The average Bonchev–Trinajstić information content (AvgIpc) is 2.81. The largest absolute Gasteiger partial charge is 0.507 e. The Kier molecular flexibility index (Phi) is 4.66. The van der Waals surface area contributed by atoms with E-state index < -0.39 is 0 Å². The van der Waals surface area contributed by atoms with Crippen molar-refractivity contribution in [3.63, 3.8) is 0 Å². The smallest absolute Gasteiger partial charge is 0.124 e. The molecule has 106 valence electrons. The number of phenols is 1. The van der Waals surface area contributed by atoms with E-state index in [0.29, 0.717) is 11.7 Å². The van der Waals surface area contributed by atoms with Crippen molar-refractivity contribution in [1.29, 1.82) is 0 Å². The van der Waals surface area contributed by atoms with Crippen LogP contribution in [0, 0.1) is 5.92 Å². The Morgan fingerprint density at radius 3 is 2.79 bits per heavy atom. The van der Waals surface area contributed by atoms with Crippen LogP contribution in [0.4, 0.5) is 0 Å². The van der Waals surface area contributed by atoms with Gasteiger partial charge in [0.2, 0.25) is 0 Å². The van der Waals surface area contributed by atoms with Gasteiger partial charge in [-0.15, -0.1) is 0 Å². The van der Waals surface area contributed by atoms with Gasteiger partial charge in [-0.3, -0.25) is 0 Å². The molecular weight excluding hydrogens is 242 g/mol. The molecule has 1 fully saturated rings. The van der Waals surface area contributed by atoms with E-state index in [2.05, 4.69) is 5.32 Å². The summed E-state index contributed by atoms with van der Waals surface area (Å²) in [7, 11) is 1.58. The molecule has 1 aromatic rings. The van der Waals surface area contributed by atoms with Crippen molar-refractivity contribution in [2.45, 2.75) is 38.3 Å². The maximum atomic E-state index is 9.97. The maximum absolute atomic E-state index is 9.97. The molecule has 4 nitrogen and oxygen atoms in total. The molecule has 3 N–H and O–H groups in total. The quantitative estimate of drug-likeness (QED) is 0.764. The van der Waals surface area contributed by atoms with Crippen molar-refractivity contribution in [2.75, 3.05) is 13.7 Å². The summed E-state index contributed by atoms with van der Waals surface area (Å²) in [4.78, 5) is 0. The lowest BCUT2D eigenvalue weighted by Crippen LogP contribution is -2.29. The molecule has 1 aliphatic rings. The lowest BCUT2D eigenvalue weighted by Gasteiger charge is -2.20. The first kappa shape index (κ1) is 14.2. The summed E-state index contributed by atoms with van der Waals surface area (Å²) in [6.07, 6.45) is 2.92. The molecule has 1 aromatic carbocycles. The third kappa shape index (κ3) is 3.39. The molecule has 3 atom stereocenters. The highest BCUT2D eigenvalue weighted by molar-refractivity contribution is 5.41. The molecule has 0 bridgehead atoms. The van der Waals surface area contributed by atoms with Gasteiger partial charge in [0.25, 0.3) is 0 Å². The van der Waals surface area contributed by atoms with Crippen LogP contribution in [0.2, 0.25) is 0 Å². The summed E-state index contributed by atoms with van der Waals surface area (Å²) >= 11 is 0. The first-order chi connectivity index (χ1) is 9.11. The van der Waals surface area contributed by atoms with Crippen LogP contribution in [0.1, 0.15) is 37.8 Å². The van der Waals surface area contributed by atoms with E-state index in [1.807, 2.05) is 19.1 Å². The highest BCUT2D eigenvalue weighted by Crippen LogP contribution is 2.29. The van der Waals surface area contributed by atoms with Crippen LogP contribution in [-0.4, -0.2) is 30.0 Å². The Bertz CT molecular complexity index is 422. The van der Waals surface area contributed by atoms with Crippen LogP contribution in [-0.2, 0) is 0 Å². The SMILES string of the molecule is COc1ccc(C(C)NCC2CCCC2O)c(O)c1. The Morgan fingerprint density at radius 1 is 1.42 bits per heavy atom. The summed E-state index contributed by atoms with van der Waals surface area (Å²) in [6, 6.07) is 5.39. The number of benzene rings is 1. The van der Waals surface area contributed by atoms with E-state index in [1.165, 1.54) is 0 Å². The number of aliphatic hydroxyl groups is 1. The van der Waals surface area contributed by atoms with Gasteiger partial charge >= 0.3 is 0 Å². The molecule has 0 aromatic heterocycles. The molecule has 3 unspecified atom stereocenters. The highest BCUT2D eigenvalue weighted by Gasteiger charge is 2.25. The van der Waals surface area contributed by atoms with E-state index in [-0.39, 0.29) is 17.9 Å². The predicted octanol–water partition coefficient (Wildman–Crippen LogP) is 2.21. The van der Waals surface area contributed by atoms with Crippen molar-refractivity contribution in [3.8, 4) is 11.5 Å². The van der Waals surface area contributed by atoms with Crippen LogP contribution in [0.3, 0.4) is 0 Å². The lowest BCUT2D eigenvalue weighted by molar-refractivity contribution is 0.130. The van der Waals surface area contributed by atoms with Gasteiger partial charge in [-0.05, 0) is 31.7 Å². The molecule has 0 heterocycles. The third-order valence-electron chi connectivity index (χ3n) is 4.01. The van der Waals surface area contributed by atoms with Crippen molar-refractivity contribution in [1.82, 2.24) is 5.32 Å². The summed E-state index contributed by atoms with van der Waals surface area (Å²) < 4.78 is 5.07. The maximum Gasteiger partial charge on any atom is 0.124 e. The molecule has 0 spiro atoms. The summed E-state index contributed by atoms with van der Waals surface area (Å²) in [5, 5.41) is 23.1. The van der Waals surface area contributed by atoms with E-state index in [0.717, 1.165) is 31.4 Å². The third-order valence-corrected chi connectivity index (χ3v) is 4.01. The Balaban J connectivity index is 1.94. The van der Waals surface area contributed by atoms with Crippen LogP contribution in [0.5, 0.6) is 11.5 Å². The van der Waals surface area contributed by atoms with E-state index in [1.54, 1.807) is 13.2 Å². The fourth-order valence-electron chi connectivity index (χ4n) is 2.71. The minimum atomic E-state index is -0.177. The number of phenolic OH excluding ortho intramolecular Hbond substituents is 1. The van der Waals surface area contributed by atoms with Crippen molar-refractivity contribution >= 4 is 0 Å². The number of methoxy groups -OCH3 is 1. The molecule has 0 saturated heterocycles. The monoisotopic (exact) mass is 265 g/mol. The average molecular weight is 265 g/mol. The van der Waals surface area contributed by atoms with E-state index in [4.69, 9.17) is 4.74 Å².